The lowest BCUT2D eigenvalue weighted by Crippen LogP contribution is -2.56. The number of carbonyl (C=O) groups excluding carboxylic acids is 1. The van der Waals surface area contributed by atoms with Gasteiger partial charge in [0.1, 0.15) is 12.4 Å². The van der Waals surface area contributed by atoms with Crippen LogP contribution >= 0.6 is 15.9 Å². The summed E-state index contributed by atoms with van der Waals surface area (Å²) in [5.74, 6) is -0.773. The number of benzene rings is 1. The molecule has 0 bridgehead atoms. The van der Waals surface area contributed by atoms with Crippen LogP contribution in [0.2, 0.25) is 0 Å². The average Bonchev–Trinajstić information content (AvgIpc) is 2.23. The summed E-state index contributed by atoms with van der Waals surface area (Å²) in [6.45, 7) is 4.06. The van der Waals surface area contributed by atoms with Gasteiger partial charge in [0.25, 0.3) is 5.91 Å². The van der Waals surface area contributed by atoms with Crippen LogP contribution in [0.25, 0.3) is 0 Å². The Hall–Kier alpha value is -1.14. The van der Waals surface area contributed by atoms with Crippen molar-refractivity contribution in [2.24, 2.45) is 0 Å². The molecular formula is C12H14BrFN2O2. The Kier molecular flexibility index (Phi) is 3.33. The van der Waals surface area contributed by atoms with E-state index in [1.807, 2.05) is 13.8 Å². The van der Waals surface area contributed by atoms with Gasteiger partial charge in [0.05, 0.1) is 23.5 Å². The van der Waals surface area contributed by atoms with Crippen LogP contribution in [0.4, 0.5) is 15.8 Å². The monoisotopic (exact) mass is 316 g/mol. The van der Waals surface area contributed by atoms with E-state index in [1.165, 1.54) is 11.0 Å². The maximum Gasteiger partial charge on any atom is 0.253 e. The second-order valence-electron chi connectivity index (χ2n) is 4.85. The van der Waals surface area contributed by atoms with Gasteiger partial charge < -0.3 is 15.4 Å². The van der Waals surface area contributed by atoms with Crippen molar-refractivity contribution in [1.29, 1.82) is 0 Å². The van der Waals surface area contributed by atoms with E-state index in [1.54, 1.807) is 6.07 Å². The number of amides is 1. The van der Waals surface area contributed by atoms with Crippen molar-refractivity contribution in [3.63, 3.8) is 0 Å². The predicted octanol–water partition coefficient (Wildman–Crippen LogP) is 2.31. The second kappa shape index (κ2) is 4.51. The first kappa shape index (κ1) is 13.3. The van der Waals surface area contributed by atoms with Crippen LogP contribution in [0.5, 0.6) is 0 Å². The Balaban J connectivity index is 2.55. The van der Waals surface area contributed by atoms with Gasteiger partial charge in [-0.15, -0.1) is 0 Å². The number of nitrogens with zero attached hydrogens (tertiary/aromatic N) is 1. The van der Waals surface area contributed by atoms with Crippen LogP contribution in [0.15, 0.2) is 16.6 Å². The van der Waals surface area contributed by atoms with Gasteiger partial charge in [-0.25, -0.2) is 4.39 Å². The van der Waals surface area contributed by atoms with Gasteiger partial charge in [-0.2, -0.15) is 0 Å². The lowest BCUT2D eigenvalue weighted by atomic mass is 10.0. The minimum Gasteiger partial charge on any atom is -0.395 e. The molecule has 2 rings (SSSR count). The molecule has 98 valence electrons. The fraction of sp³-hybridized carbons (Fsp3) is 0.417. The zero-order valence-electron chi connectivity index (χ0n) is 10.2. The minimum absolute atomic E-state index is 0.0169. The third-order valence-electron chi connectivity index (χ3n) is 2.85. The van der Waals surface area contributed by atoms with Gasteiger partial charge in [0, 0.05) is 4.47 Å². The molecule has 18 heavy (non-hydrogen) atoms. The first-order valence-electron chi connectivity index (χ1n) is 5.48. The molecule has 6 heteroatoms. The molecule has 0 unspecified atom stereocenters. The largest absolute Gasteiger partial charge is 0.395 e. The van der Waals surface area contributed by atoms with Crippen molar-refractivity contribution in [3.05, 3.63) is 22.4 Å². The molecule has 0 atom stereocenters. The van der Waals surface area contributed by atoms with Gasteiger partial charge in [0.15, 0.2) is 0 Å². The van der Waals surface area contributed by atoms with E-state index in [-0.39, 0.29) is 18.2 Å². The molecule has 1 aliphatic heterocycles. The number of nitrogen functional groups attached to an aromatic ring is 1. The number of anilines is 2. The fourth-order valence-electron chi connectivity index (χ4n) is 2.07. The maximum absolute atomic E-state index is 13.6. The number of nitrogens with two attached hydrogens (primary N) is 1. The highest BCUT2D eigenvalue weighted by molar-refractivity contribution is 9.10. The lowest BCUT2D eigenvalue weighted by molar-refractivity contribution is -0.129. The summed E-state index contributed by atoms with van der Waals surface area (Å²) in [7, 11) is 0. The highest BCUT2D eigenvalue weighted by Gasteiger charge is 2.38. The molecule has 1 amide bonds. The Morgan fingerprint density at radius 2 is 2.17 bits per heavy atom. The van der Waals surface area contributed by atoms with E-state index in [9.17, 15) is 9.18 Å². The first-order valence-corrected chi connectivity index (χ1v) is 6.27. The summed E-state index contributed by atoms with van der Waals surface area (Å²) < 4.78 is 19.4. The molecule has 4 nitrogen and oxygen atoms in total. The SMILES string of the molecule is CC1(C)COCC(=O)N1c1cc(Br)cc(F)c1N. The average molecular weight is 317 g/mol. The van der Waals surface area contributed by atoms with E-state index in [0.29, 0.717) is 16.8 Å². The second-order valence-corrected chi connectivity index (χ2v) is 5.77. The van der Waals surface area contributed by atoms with Crippen molar-refractivity contribution in [3.8, 4) is 0 Å². The summed E-state index contributed by atoms with van der Waals surface area (Å²) in [4.78, 5) is 13.5. The standard InChI is InChI=1S/C12H14BrFN2O2/c1-12(2)6-18-5-10(17)16(12)9-4-7(13)3-8(14)11(9)15/h3-4H,5-6,15H2,1-2H3. The zero-order chi connectivity index (χ0) is 13.5. The number of rotatable bonds is 1. The number of hydrogen-bond acceptors (Lipinski definition) is 3. The topological polar surface area (TPSA) is 55.6 Å². The third kappa shape index (κ3) is 2.22. The van der Waals surface area contributed by atoms with Crippen LogP contribution in [0.1, 0.15) is 13.8 Å². The van der Waals surface area contributed by atoms with Crippen LogP contribution in [0.3, 0.4) is 0 Å². The molecular weight excluding hydrogens is 303 g/mol. The smallest absolute Gasteiger partial charge is 0.253 e. The first-order chi connectivity index (χ1) is 8.33. The number of hydrogen-bond donors (Lipinski definition) is 1. The lowest BCUT2D eigenvalue weighted by Gasteiger charge is -2.42. The minimum atomic E-state index is -0.559. The van der Waals surface area contributed by atoms with Crippen molar-refractivity contribution >= 4 is 33.2 Å². The quantitative estimate of drug-likeness (QED) is 0.809. The summed E-state index contributed by atoms with van der Waals surface area (Å²) in [6.07, 6.45) is 0. The Morgan fingerprint density at radius 3 is 2.78 bits per heavy atom. The highest BCUT2D eigenvalue weighted by atomic mass is 79.9. The fourth-order valence-corrected chi connectivity index (χ4v) is 2.49. The van der Waals surface area contributed by atoms with E-state index >= 15 is 0 Å². The predicted molar refractivity (Wildman–Crippen MR) is 70.9 cm³/mol. The molecule has 2 N–H and O–H groups in total. The molecule has 1 aromatic rings. The van der Waals surface area contributed by atoms with Crippen LogP contribution in [-0.2, 0) is 9.53 Å². The van der Waals surface area contributed by atoms with E-state index in [2.05, 4.69) is 15.9 Å². The molecule has 0 saturated carbocycles. The molecule has 0 spiro atoms. The maximum atomic E-state index is 13.6. The molecule has 0 aliphatic carbocycles. The van der Waals surface area contributed by atoms with Crippen molar-refractivity contribution < 1.29 is 13.9 Å². The summed E-state index contributed by atoms with van der Waals surface area (Å²) in [5, 5.41) is 0. The Morgan fingerprint density at radius 1 is 1.50 bits per heavy atom. The Bertz CT molecular complexity index is 505. The normalized spacial score (nSPS) is 19.1. The number of halogens is 2. The molecule has 1 saturated heterocycles. The van der Waals surface area contributed by atoms with E-state index in [4.69, 9.17) is 10.5 Å². The van der Waals surface area contributed by atoms with Gasteiger partial charge in [0.2, 0.25) is 0 Å². The zero-order valence-corrected chi connectivity index (χ0v) is 11.8. The van der Waals surface area contributed by atoms with Crippen molar-refractivity contribution in [1.82, 2.24) is 0 Å². The van der Waals surface area contributed by atoms with Gasteiger partial charge in [-0.3, -0.25) is 4.79 Å². The molecule has 1 aromatic carbocycles. The molecule has 0 radical (unpaired) electrons. The van der Waals surface area contributed by atoms with Crippen molar-refractivity contribution in [2.45, 2.75) is 19.4 Å². The third-order valence-corrected chi connectivity index (χ3v) is 3.31. The van der Waals surface area contributed by atoms with Crippen molar-refractivity contribution in [2.75, 3.05) is 23.8 Å². The summed E-state index contributed by atoms with van der Waals surface area (Å²) >= 11 is 3.21. The molecule has 1 heterocycles. The van der Waals surface area contributed by atoms with E-state index in [0.717, 1.165) is 0 Å². The van der Waals surface area contributed by atoms with E-state index < -0.39 is 11.4 Å². The molecule has 1 aliphatic rings. The van der Waals surface area contributed by atoms with Crippen LogP contribution in [0, 0.1) is 5.82 Å². The van der Waals surface area contributed by atoms with Crippen LogP contribution in [-0.4, -0.2) is 24.7 Å². The van der Waals surface area contributed by atoms with Gasteiger partial charge >= 0.3 is 0 Å². The van der Waals surface area contributed by atoms with Gasteiger partial charge in [-0.1, -0.05) is 15.9 Å². The number of morpholine rings is 1. The summed E-state index contributed by atoms with van der Waals surface area (Å²) in [6, 6.07) is 2.92. The molecule has 1 fully saturated rings. The van der Waals surface area contributed by atoms with Crippen LogP contribution < -0.4 is 10.6 Å². The summed E-state index contributed by atoms with van der Waals surface area (Å²) in [5.41, 5.74) is 5.53. The Labute approximate surface area is 113 Å². The van der Waals surface area contributed by atoms with Gasteiger partial charge in [-0.05, 0) is 26.0 Å². The molecule has 0 aromatic heterocycles. The number of carbonyl (C=O) groups is 1. The number of ether oxygens (including phenoxy) is 1. The highest BCUT2D eigenvalue weighted by Crippen LogP contribution is 2.35.